The van der Waals surface area contributed by atoms with E-state index in [0.29, 0.717) is 17.6 Å². The first-order chi connectivity index (χ1) is 8.84. The third-order valence-electron chi connectivity index (χ3n) is 4.13. The van der Waals surface area contributed by atoms with Gasteiger partial charge in [0.1, 0.15) is 11.5 Å². The van der Waals surface area contributed by atoms with E-state index >= 15 is 0 Å². The minimum absolute atomic E-state index is 0.0446. The molecule has 1 heterocycles. The van der Waals surface area contributed by atoms with Crippen molar-refractivity contribution in [3.63, 3.8) is 0 Å². The van der Waals surface area contributed by atoms with Crippen LogP contribution in [0, 0.1) is 11.3 Å². The molecule has 0 aliphatic heterocycles. The number of ketones is 1. The topological polar surface area (TPSA) is 106 Å². The van der Waals surface area contributed by atoms with Crippen molar-refractivity contribution in [3.05, 3.63) is 12.1 Å². The van der Waals surface area contributed by atoms with Crippen LogP contribution in [-0.4, -0.2) is 34.9 Å². The van der Waals surface area contributed by atoms with Gasteiger partial charge in [0.15, 0.2) is 0 Å². The molecular formula is C11H13NO6S. The number of Topliss-reactive ketones (excluding diaryl/α,β-unsaturated/α-hetero) is 1. The van der Waals surface area contributed by atoms with Gasteiger partial charge in [-0.2, -0.15) is 8.42 Å². The summed E-state index contributed by atoms with van der Waals surface area (Å²) in [6, 6.07) is 2.20. The Labute approximate surface area is 109 Å². The van der Waals surface area contributed by atoms with Crippen molar-refractivity contribution in [1.29, 1.82) is 0 Å². The van der Waals surface area contributed by atoms with Crippen molar-refractivity contribution >= 4 is 15.9 Å². The highest BCUT2D eigenvalue weighted by Gasteiger charge is 2.62. The molecule has 0 aromatic carbocycles. The summed E-state index contributed by atoms with van der Waals surface area (Å²) in [5.41, 5.74) is -0.794. The molecule has 0 amide bonds. The molecule has 104 valence electrons. The van der Waals surface area contributed by atoms with E-state index in [1.54, 1.807) is 0 Å². The Morgan fingerprint density at radius 1 is 1.37 bits per heavy atom. The molecule has 0 radical (unpaired) electrons. The Morgan fingerprint density at radius 2 is 2.00 bits per heavy atom. The van der Waals surface area contributed by atoms with E-state index < -0.39 is 33.0 Å². The molecule has 0 spiro atoms. The average Bonchev–Trinajstić information content (AvgIpc) is 2.63. The highest BCUT2D eigenvalue weighted by molar-refractivity contribution is 7.87. The van der Waals surface area contributed by atoms with E-state index in [1.165, 1.54) is 0 Å². The van der Waals surface area contributed by atoms with Crippen molar-refractivity contribution in [2.45, 2.75) is 19.3 Å². The van der Waals surface area contributed by atoms with E-state index in [9.17, 15) is 23.4 Å². The molecule has 2 unspecified atom stereocenters. The fraction of sp³-hybridized carbons (Fsp3) is 0.545. The molecule has 3 rings (SSSR count). The number of rotatable bonds is 4. The Hall–Kier alpha value is -1.70. The lowest BCUT2D eigenvalue weighted by atomic mass is 9.48. The molecule has 8 heteroatoms. The van der Waals surface area contributed by atoms with E-state index in [2.05, 4.69) is 4.28 Å². The van der Waals surface area contributed by atoms with Gasteiger partial charge in [-0.05, 0) is 18.8 Å². The monoisotopic (exact) mass is 287 g/mol. The fourth-order valence-corrected chi connectivity index (χ4v) is 4.47. The van der Waals surface area contributed by atoms with Crippen LogP contribution in [-0.2, 0) is 14.9 Å². The van der Waals surface area contributed by atoms with Crippen molar-refractivity contribution in [1.82, 2.24) is 4.73 Å². The summed E-state index contributed by atoms with van der Waals surface area (Å²) < 4.78 is 28.9. The lowest BCUT2D eigenvalue weighted by molar-refractivity contribution is -0.156. The van der Waals surface area contributed by atoms with Crippen LogP contribution in [0.3, 0.4) is 0 Å². The predicted octanol–water partition coefficient (Wildman–Crippen LogP) is 0.0269. The molecule has 1 aromatic rings. The molecule has 2 saturated carbocycles. The molecular weight excluding hydrogens is 274 g/mol. The quantitative estimate of drug-likeness (QED) is 0.809. The third kappa shape index (κ3) is 1.70. The van der Waals surface area contributed by atoms with Gasteiger partial charge in [-0.25, -0.2) is 0 Å². The number of nitrogens with zero attached hydrogens (tertiary/aromatic N) is 1. The lowest BCUT2D eigenvalue weighted by Crippen LogP contribution is -2.61. The van der Waals surface area contributed by atoms with Crippen LogP contribution in [0.1, 0.15) is 19.3 Å². The van der Waals surface area contributed by atoms with Gasteiger partial charge in [0, 0.05) is 24.0 Å². The minimum Gasteiger partial charge on any atom is -0.492 e. The maximum atomic E-state index is 11.9. The number of fused-ring (bicyclic) bond motifs is 1. The lowest BCUT2D eigenvalue weighted by Gasteiger charge is -2.55. The number of hydrogen-bond donors (Lipinski definition) is 2. The normalized spacial score (nSPS) is 29.3. The molecule has 1 aromatic heterocycles. The molecule has 19 heavy (non-hydrogen) atoms. The average molecular weight is 287 g/mol. The SMILES string of the molecule is O=C1CC2CCC12CS(=O)(=O)On1c(O)ccc1O. The van der Waals surface area contributed by atoms with Gasteiger partial charge in [0.25, 0.3) is 0 Å². The second kappa shape index (κ2) is 3.66. The standard InChI is InChI=1S/C11H13NO6S/c13-8-5-7-3-4-11(7,8)6-19(16,17)18-12-9(14)1-2-10(12)15/h1-2,7,14-15H,3-6H2. The molecule has 2 aliphatic carbocycles. The van der Waals surface area contributed by atoms with Crippen LogP contribution < -0.4 is 4.28 Å². The Balaban J connectivity index is 1.79. The zero-order valence-electron chi connectivity index (χ0n) is 9.94. The highest BCUT2D eigenvalue weighted by atomic mass is 32.2. The predicted molar refractivity (Wildman–Crippen MR) is 62.9 cm³/mol. The molecule has 0 bridgehead atoms. The molecule has 2 N–H and O–H groups in total. The van der Waals surface area contributed by atoms with Crippen LogP contribution >= 0.6 is 0 Å². The summed E-state index contributed by atoms with van der Waals surface area (Å²) in [5.74, 6) is -1.37. The second-order valence-electron chi connectivity index (χ2n) is 5.14. The maximum Gasteiger partial charge on any atom is 0.328 e. The summed E-state index contributed by atoms with van der Waals surface area (Å²) >= 11 is 0. The van der Waals surface area contributed by atoms with Gasteiger partial charge in [-0.3, -0.25) is 9.08 Å². The fourth-order valence-electron chi connectivity index (χ4n) is 2.86. The number of aromatic hydroxyl groups is 2. The Kier molecular flexibility index (Phi) is 2.38. The first-order valence-corrected chi connectivity index (χ1v) is 7.47. The molecule has 7 nitrogen and oxygen atoms in total. The van der Waals surface area contributed by atoms with Crippen LogP contribution in [0.4, 0.5) is 0 Å². The van der Waals surface area contributed by atoms with E-state index in [-0.39, 0.29) is 11.7 Å². The van der Waals surface area contributed by atoms with Crippen molar-refractivity contribution < 1.29 is 27.7 Å². The van der Waals surface area contributed by atoms with E-state index in [0.717, 1.165) is 18.6 Å². The molecule has 2 fully saturated rings. The molecule has 2 aliphatic rings. The van der Waals surface area contributed by atoms with Crippen molar-refractivity contribution in [3.8, 4) is 11.8 Å². The van der Waals surface area contributed by atoms with Gasteiger partial charge < -0.3 is 10.2 Å². The van der Waals surface area contributed by atoms with Gasteiger partial charge >= 0.3 is 10.1 Å². The van der Waals surface area contributed by atoms with Gasteiger partial charge in [-0.15, -0.1) is 0 Å². The van der Waals surface area contributed by atoms with Gasteiger partial charge in [0.2, 0.25) is 11.8 Å². The Bertz CT molecular complexity index is 629. The molecule has 2 atom stereocenters. The van der Waals surface area contributed by atoms with E-state index in [1.807, 2.05) is 0 Å². The smallest absolute Gasteiger partial charge is 0.328 e. The summed E-state index contributed by atoms with van der Waals surface area (Å²) in [5, 5.41) is 18.7. The summed E-state index contributed by atoms with van der Waals surface area (Å²) in [4.78, 5) is 11.6. The zero-order valence-corrected chi connectivity index (χ0v) is 10.8. The Morgan fingerprint density at radius 3 is 2.42 bits per heavy atom. The number of carbonyl (C=O) groups excluding carboxylic acids is 1. The van der Waals surface area contributed by atoms with Crippen LogP contribution in [0.15, 0.2) is 12.1 Å². The number of carbonyl (C=O) groups is 1. The van der Waals surface area contributed by atoms with Crippen molar-refractivity contribution in [2.75, 3.05) is 5.75 Å². The zero-order chi connectivity index (χ0) is 13.8. The maximum absolute atomic E-state index is 11.9. The van der Waals surface area contributed by atoms with Gasteiger partial charge in [-0.1, -0.05) is 4.73 Å². The van der Waals surface area contributed by atoms with Crippen LogP contribution in [0.2, 0.25) is 0 Å². The summed E-state index contributed by atoms with van der Waals surface area (Å²) in [6.07, 6.45) is 1.86. The summed E-state index contributed by atoms with van der Waals surface area (Å²) in [7, 11) is -4.06. The number of aromatic nitrogens is 1. The second-order valence-corrected chi connectivity index (χ2v) is 6.69. The first kappa shape index (κ1) is 12.3. The van der Waals surface area contributed by atoms with Crippen molar-refractivity contribution in [2.24, 2.45) is 11.3 Å². The van der Waals surface area contributed by atoms with Crippen LogP contribution in [0.25, 0.3) is 0 Å². The third-order valence-corrected chi connectivity index (χ3v) is 5.37. The van der Waals surface area contributed by atoms with Gasteiger partial charge in [0.05, 0.1) is 0 Å². The largest absolute Gasteiger partial charge is 0.492 e. The van der Waals surface area contributed by atoms with Crippen LogP contribution in [0.5, 0.6) is 11.8 Å². The summed E-state index contributed by atoms with van der Waals surface area (Å²) in [6.45, 7) is 0. The highest BCUT2D eigenvalue weighted by Crippen LogP contribution is 2.58. The first-order valence-electron chi connectivity index (χ1n) is 5.90. The van der Waals surface area contributed by atoms with E-state index in [4.69, 9.17) is 0 Å². The number of hydrogen-bond acceptors (Lipinski definition) is 6. The minimum atomic E-state index is -4.06. The molecule has 0 saturated heterocycles.